The molecule has 2 atom stereocenters. The fourth-order valence-corrected chi connectivity index (χ4v) is 2.22. The summed E-state index contributed by atoms with van der Waals surface area (Å²) >= 11 is 0. The molecule has 2 aliphatic rings. The first-order valence-electron chi connectivity index (χ1n) is 5.75. The van der Waals surface area contributed by atoms with Crippen molar-refractivity contribution >= 4 is 0 Å². The van der Waals surface area contributed by atoms with Crippen molar-refractivity contribution < 1.29 is 9.47 Å². The van der Waals surface area contributed by atoms with E-state index in [0.29, 0.717) is 12.1 Å². The number of ether oxygens (including phenoxy) is 2. The Labute approximate surface area is 86.2 Å². The summed E-state index contributed by atoms with van der Waals surface area (Å²) in [7, 11) is 1.76. The van der Waals surface area contributed by atoms with Crippen LogP contribution in [0.5, 0.6) is 0 Å². The molecule has 1 aliphatic heterocycles. The van der Waals surface area contributed by atoms with Crippen LogP contribution in [0.1, 0.15) is 25.7 Å². The van der Waals surface area contributed by atoms with Crippen molar-refractivity contribution in [2.24, 2.45) is 5.92 Å². The number of hydrogen-bond donors (Lipinski definition) is 1. The van der Waals surface area contributed by atoms with E-state index in [0.717, 1.165) is 32.1 Å². The molecule has 2 unspecified atom stereocenters. The van der Waals surface area contributed by atoms with Crippen molar-refractivity contribution in [1.29, 1.82) is 0 Å². The Bertz CT molecular complexity index is 171. The first-order chi connectivity index (χ1) is 6.92. The van der Waals surface area contributed by atoms with Gasteiger partial charge < -0.3 is 14.8 Å². The van der Waals surface area contributed by atoms with Gasteiger partial charge in [-0.3, -0.25) is 0 Å². The van der Waals surface area contributed by atoms with E-state index in [2.05, 4.69) is 5.32 Å². The van der Waals surface area contributed by atoms with Crippen LogP contribution in [0.2, 0.25) is 0 Å². The Morgan fingerprint density at radius 1 is 1.36 bits per heavy atom. The van der Waals surface area contributed by atoms with Crippen LogP contribution in [-0.2, 0) is 9.47 Å². The van der Waals surface area contributed by atoms with Gasteiger partial charge in [0, 0.05) is 26.4 Å². The standard InChI is InChI=1S/C11H21NO2/c1-13-7-2-6-12-10-5-8-14-11(10)9-3-4-9/h9-12H,2-8H2,1H3. The van der Waals surface area contributed by atoms with E-state index in [4.69, 9.17) is 9.47 Å². The molecule has 2 rings (SSSR count). The summed E-state index contributed by atoms with van der Waals surface area (Å²) in [5.41, 5.74) is 0. The van der Waals surface area contributed by atoms with Gasteiger partial charge in [0.15, 0.2) is 0 Å². The van der Waals surface area contributed by atoms with Crippen LogP contribution in [0.3, 0.4) is 0 Å². The van der Waals surface area contributed by atoms with Crippen LogP contribution in [0.15, 0.2) is 0 Å². The van der Waals surface area contributed by atoms with Crippen LogP contribution in [0, 0.1) is 5.92 Å². The second kappa shape index (κ2) is 5.10. The van der Waals surface area contributed by atoms with Crippen molar-refractivity contribution in [3.63, 3.8) is 0 Å². The van der Waals surface area contributed by atoms with Gasteiger partial charge in [0.2, 0.25) is 0 Å². The molecule has 3 nitrogen and oxygen atoms in total. The SMILES string of the molecule is COCCCNC1CCOC1C1CC1. The summed E-state index contributed by atoms with van der Waals surface area (Å²) in [6, 6.07) is 0.611. The van der Waals surface area contributed by atoms with Crippen molar-refractivity contribution in [3.05, 3.63) is 0 Å². The molecule has 1 aliphatic carbocycles. The molecule has 1 heterocycles. The molecule has 2 fully saturated rings. The molecule has 82 valence electrons. The van der Waals surface area contributed by atoms with Crippen molar-refractivity contribution in [3.8, 4) is 0 Å². The molecule has 0 radical (unpaired) electrons. The van der Waals surface area contributed by atoms with Crippen LogP contribution >= 0.6 is 0 Å². The Morgan fingerprint density at radius 3 is 2.93 bits per heavy atom. The molecule has 1 N–H and O–H groups in total. The van der Waals surface area contributed by atoms with Gasteiger partial charge in [-0.25, -0.2) is 0 Å². The van der Waals surface area contributed by atoms with Crippen LogP contribution in [-0.4, -0.2) is 39.0 Å². The first kappa shape index (κ1) is 10.4. The van der Waals surface area contributed by atoms with Gasteiger partial charge in [0.05, 0.1) is 6.10 Å². The molecule has 0 bridgehead atoms. The summed E-state index contributed by atoms with van der Waals surface area (Å²) in [5, 5.41) is 3.58. The zero-order valence-corrected chi connectivity index (χ0v) is 9.00. The predicted octanol–water partition coefficient (Wildman–Crippen LogP) is 1.18. The first-order valence-corrected chi connectivity index (χ1v) is 5.75. The number of rotatable bonds is 6. The van der Waals surface area contributed by atoms with Gasteiger partial charge >= 0.3 is 0 Å². The zero-order valence-electron chi connectivity index (χ0n) is 9.00. The lowest BCUT2D eigenvalue weighted by atomic mass is 10.1. The van der Waals surface area contributed by atoms with E-state index in [1.807, 2.05) is 0 Å². The van der Waals surface area contributed by atoms with E-state index in [1.165, 1.54) is 19.3 Å². The second-order valence-corrected chi connectivity index (χ2v) is 4.37. The average molecular weight is 199 g/mol. The fraction of sp³-hybridized carbons (Fsp3) is 1.00. The van der Waals surface area contributed by atoms with E-state index in [1.54, 1.807) is 7.11 Å². The summed E-state index contributed by atoms with van der Waals surface area (Å²) in [6.45, 7) is 2.86. The van der Waals surface area contributed by atoms with Crippen molar-refractivity contribution in [1.82, 2.24) is 5.32 Å². The van der Waals surface area contributed by atoms with Gasteiger partial charge in [0.1, 0.15) is 0 Å². The third-order valence-corrected chi connectivity index (χ3v) is 3.15. The van der Waals surface area contributed by atoms with Gasteiger partial charge in [-0.1, -0.05) is 0 Å². The predicted molar refractivity (Wildman–Crippen MR) is 55.4 cm³/mol. The third kappa shape index (κ3) is 2.69. The zero-order chi connectivity index (χ0) is 9.80. The monoisotopic (exact) mass is 199 g/mol. The van der Waals surface area contributed by atoms with Gasteiger partial charge in [-0.2, -0.15) is 0 Å². The van der Waals surface area contributed by atoms with Crippen LogP contribution < -0.4 is 5.32 Å². The number of hydrogen-bond acceptors (Lipinski definition) is 3. The maximum atomic E-state index is 5.75. The topological polar surface area (TPSA) is 30.5 Å². The smallest absolute Gasteiger partial charge is 0.0756 e. The molecule has 14 heavy (non-hydrogen) atoms. The maximum absolute atomic E-state index is 5.75. The van der Waals surface area contributed by atoms with E-state index in [9.17, 15) is 0 Å². The number of methoxy groups -OCH3 is 1. The minimum atomic E-state index is 0.512. The molecular formula is C11H21NO2. The lowest BCUT2D eigenvalue weighted by Gasteiger charge is -2.19. The van der Waals surface area contributed by atoms with E-state index >= 15 is 0 Å². The van der Waals surface area contributed by atoms with Crippen LogP contribution in [0.4, 0.5) is 0 Å². The largest absolute Gasteiger partial charge is 0.385 e. The lowest BCUT2D eigenvalue weighted by molar-refractivity contribution is 0.0806. The molecule has 0 aromatic carbocycles. The second-order valence-electron chi connectivity index (χ2n) is 4.37. The molecule has 1 saturated heterocycles. The molecule has 0 aromatic rings. The molecular weight excluding hydrogens is 178 g/mol. The Balaban J connectivity index is 1.63. The minimum Gasteiger partial charge on any atom is -0.385 e. The highest BCUT2D eigenvalue weighted by Gasteiger charge is 2.40. The van der Waals surface area contributed by atoms with Gasteiger partial charge in [0.25, 0.3) is 0 Å². The summed E-state index contributed by atoms with van der Waals surface area (Å²) in [4.78, 5) is 0. The summed E-state index contributed by atoms with van der Waals surface area (Å²) < 4.78 is 10.8. The molecule has 3 heteroatoms. The lowest BCUT2D eigenvalue weighted by Crippen LogP contribution is -2.38. The van der Waals surface area contributed by atoms with E-state index < -0.39 is 0 Å². The van der Waals surface area contributed by atoms with Gasteiger partial charge in [-0.05, 0) is 38.1 Å². The Morgan fingerprint density at radius 2 is 2.21 bits per heavy atom. The van der Waals surface area contributed by atoms with Crippen molar-refractivity contribution in [2.75, 3.05) is 26.9 Å². The highest BCUT2D eigenvalue weighted by atomic mass is 16.5. The fourth-order valence-electron chi connectivity index (χ4n) is 2.22. The van der Waals surface area contributed by atoms with Gasteiger partial charge in [-0.15, -0.1) is 0 Å². The quantitative estimate of drug-likeness (QED) is 0.652. The van der Waals surface area contributed by atoms with Crippen molar-refractivity contribution in [2.45, 2.75) is 37.8 Å². The highest BCUT2D eigenvalue weighted by Crippen LogP contribution is 2.38. The molecule has 1 saturated carbocycles. The molecule has 0 aromatic heterocycles. The highest BCUT2D eigenvalue weighted by molar-refractivity contribution is 4.93. The van der Waals surface area contributed by atoms with Crippen LogP contribution in [0.25, 0.3) is 0 Å². The third-order valence-electron chi connectivity index (χ3n) is 3.15. The Hall–Kier alpha value is -0.120. The average Bonchev–Trinajstić information content (AvgIpc) is 2.94. The molecule has 0 spiro atoms. The Kier molecular flexibility index (Phi) is 3.79. The number of nitrogens with one attached hydrogen (secondary N) is 1. The maximum Gasteiger partial charge on any atom is 0.0756 e. The molecule has 0 amide bonds. The summed E-state index contributed by atoms with van der Waals surface area (Å²) in [6.07, 6.45) is 5.55. The van der Waals surface area contributed by atoms with E-state index in [-0.39, 0.29) is 0 Å². The normalized spacial score (nSPS) is 32.4. The minimum absolute atomic E-state index is 0.512. The summed E-state index contributed by atoms with van der Waals surface area (Å²) in [5.74, 6) is 0.859.